The van der Waals surface area contributed by atoms with E-state index in [4.69, 9.17) is 0 Å². The van der Waals surface area contributed by atoms with Crippen molar-refractivity contribution in [2.45, 2.75) is 25.7 Å². The highest BCUT2D eigenvalue weighted by Gasteiger charge is 2.38. The van der Waals surface area contributed by atoms with Gasteiger partial charge in [0.05, 0.1) is 11.8 Å². The molecule has 1 saturated carbocycles. The van der Waals surface area contributed by atoms with Gasteiger partial charge in [0, 0.05) is 32.7 Å². The molecule has 140 valence electrons. The van der Waals surface area contributed by atoms with Gasteiger partial charge >= 0.3 is 5.97 Å². The van der Waals surface area contributed by atoms with Gasteiger partial charge in [0.2, 0.25) is 5.91 Å². The first kappa shape index (κ1) is 18.6. The lowest BCUT2D eigenvalue weighted by molar-refractivity contribution is -0.153. The molecule has 0 bridgehead atoms. The van der Waals surface area contributed by atoms with Crippen molar-refractivity contribution in [2.24, 2.45) is 11.8 Å². The molecule has 1 aliphatic carbocycles. The van der Waals surface area contributed by atoms with E-state index in [0.717, 1.165) is 38.9 Å². The SMILES string of the molecule is O=C(O)[C@@H]1CCCC[C@@H]1C(=O)N1CCN(C/C=C/c2ccccc2)CC1. The van der Waals surface area contributed by atoms with Gasteiger partial charge in [-0.1, -0.05) is 55.3 Å². The van der Waals surface area contributed by atoms with Gasteiger partial charge in [-0.15, -0.1) is 0 Å². The summed E-state index contributed by atoms with van der Waals surface area (Å²) in [6.07, 6.45) is 7.52. The highest BCUT2D eigenvalue weighted by molar-refractivity contribution is 5.85. The maximum absolute atomic E-state index is 12.8. The zero-order chi connectivity index (χ0) is 18.4. The lowest BCUT2D eigenvalue weighted by Gasteiger charge is -2.38. The molecule has 0 radical (unpaired) electrons. The van der Waals surface area contributed by atoms with Crippen LogP contribution in [0.3, 0.4) is 0 Å². The lowest BCUT2D eigenvalue weighted by atomic mass is 9.78. The van der Waals surface area contributed by atoms with E-state index in [1.807, 2.05) is 23.1 Å². The second kappa shape index (κ2) is 8.99. The highest BCUT2D eigenvalue weighted by atomic mass is 16.4. The number of hydrogen-bond acceptors (Lipinski definition) is 3. The van der Waals surface area contributed by atoms with Crippen LogP contribution in [0, 0.1) is 11.8 Å². The van der Waals surface area contributed by atoms with Gasteiger partial charge in [0.25, 0.3) is 0 Å². The molecular formula is C21H28N2O3. The molecule has 1 aliphatic heterocycles. The quantitative estimate of drug-likeness (QED) is 0.881. The van der Waals surface area contributed by atoms with E-state index in [0.29, 0.717) is 19.5 Å². The third kappa shape index (κ3) is 4.73. The van der Waals surface area contributed by atoms with Crippen LogP contribution in [0.2, 0.25) is 0 Å². The number of benzene rings is 1. The van der Waals surface area contributed by atoms with Crippen molar-refractivity contribution >= 4 is 18.0 Å². The van der Waals surface area contributed by atoms with E-state index in [-0.39, 0.29) is 11.8 Å². The van der Waals surface area contributed by atoms with Crippen molar-refractivity contribution in [1.29, 1.82) is 0 Å². The van der Waals surface area contributed by atoms with Crippen LogP contribution in [-0.2, 0) is 9.59 Å². The molecule has 1 saturated heterocycles. The molecular weight excluding hydrogens is 328 g/mol. The number of nitrogens with zero attached hydrogens (tertiary/aromatic N) is 2. The van der Waals surface area contributed by atoms with Crippen LogP contribution in [0.15, 0.2) is 36.4 Å². The second-order valence-corrected chi connectivity index (χ2v) is 7.27. The van der Waals surface area contributed by atoms with Gasteiger partial charge in [0.1, 0.15) is 0 Å². The third-order valence-corrected chi connectivity index (χ3v) is 5.56. The first-order chi connectivity index (χ1) is 12.6. The Morgan fingerprint density at radius 2 is 1.65 bits per heavy atom. The van der Waals surface area contributed by atoms with Gasteiger partial charge in [0.15, 0.2) is 0 Å². The van der Waals surface area contributed by atoms with Crippen molar-refractivity contribution in [2.75, 3.05) is 32.7 Å². The van der Waals surface area contributed by atoms with Crippen molar-refractivity contribution < 1.29 is 14.7 Å². The number of aliphatic carboxylic acids is 1. The number of hydrogen-bond donors (Lipinski definition) is 1. The van der Waals surface area contributed by atoms with Crippen LogP contribution in [0.4, 0.5) is 0 Å². The zero-order valence-corrected chi connectivity index (χ0v) is 15.2. The summed E-state index contributed by atoms with van der Waals surface area (Å²) in [6, 6.07) is 10.2. The standard InChI is InChI=1S/C21H28N2O3/c24-20(18-10-4-5-11-19(18)21(25)26)23-15-13-22(14-16-23)12-6-9-17-7-2-1-3-8-17/h1-3,6-9,18-19H,4-5,10-16H2,(H,25,26)/b9-6+/t18-,19+/m0/s1. The molecule has 5 heteroatoms. The van der Waals surface area contributed by atoms with Gasteiger partial charge in [-0.2, -0.15) is 0 Å². The summed E-state index contributed by atoms with van der Waals surface area (Å²) < 4.78 is 0. The molecule has 2 fully saturated rings. The van der Waals surface area contributed by atoms with Crippen molar-refractivity contribution in [3.05, 3.63) is 42.0 Å². The van der Waals surface area contributed by atoms with E-state index >= 15 is 0 Å². The number of carbonyl (C=O) groups excluding carboxylic acids is 1. The van der Waals surface area contributed by atoms with Gasteiger partial charge < -0.3 is 10.0 Å². The first-order valence-corrected chi connectivity index (χ1v) is 9.60. The summed E-state index contributed by atoms with van der Waals surface area (Å²) in [4.78, 5) is 28.5. The number of rotatable bonds is 5. The number of carboxylic acid groups (broad SMARTS) is 1. The molecule has 2 atom stereocenters. The molecule has 1 aromatic rings. The molecule has 0 aromatic heterocycles. The number of carboxylic acids is 1. The van der Waals surface area contributed by atoms with Crippen LogP contribution in [-0.4, -0.2) is 59.5 Å². The monoisotopic (exact) mass is 356 g/mol. The molecule has 1 aromatic carbocycles. The average Bonchev–Trinajstić information content (AvgIpc) is 2.69. The Morgan fingerprint density at radius 1 is 1.00 bits per heavy atom. The Hall–Kier alpha value is -2.14. The molecule has 1 amide bonds. The fourth-order valence-corrected chi connectivity index (χ4v) is 4.01. The summed E-state index contributed by atoms with van der Waals surface area (Å²) >= 11 is 0. The van der Waals surface area contributed by atoms with Crippen LogP contribution >= 0.6 is 0 Å². The van der Waals surface area contributed by atoms with Gasteiger partial charge in [-0.05, 0) is 18.4 Å². The fraction of sp³-hybridized carbons (Fsp3) is 0.524. The minimum atomic E-state index is -0.812. The zero-order valence-electron chi connectivity index (χ0n) is 15.2. The Morgan fingerprint density at radius 3 is 2.31 bits per heavy atom. The van der Waals surface area contributed by atoms with E-state index in [9.17, 15) is 14.7 Å². The van der Waals surface area contributed by atoms with Gasteiger partial charge in [-0.25, -0.2) is 0 Å². The maximum atomic E-state index is 12.8. The van der Waals surface area contributed by atoms with Crippen LogP contribution < -0.4 is 0 Å². The smallest absolute Gasteiger partial charge is 0.307 e. The molecule has 0 unspecified atom stereocenters. The molecule has 26 heavy (non-hydrogen) atoms. The van der Waals surface area contributed by atoms with Crippen molar-refractivity contribution in [1.82, 2.24) is 9.80 Å². The first-order valence-electron chi connectivity index (χ1n) is 9.60. The number of amides is 1. The Balaban J connectivity index is 1.47. The van der Waals surface area contributed by atoms with Crippen LogP contribution in [0.25, 0.3) is 6.08 Å². The predicted octanol–water partition coefficient (Wildman–Crippen LogP) is 2.74. The summed E-state index contributed by atoms with van der Waals surface area (Å²) in [5.74, 6) is -1.59. The minimum Gasteiger partial charge on any atom is -0.481 e. The molecule has 1 heterocycles. The summed E-state index contributed by atoms with van der Waals surface area (Å²) in [7, 11) is 0. The number of carbonyl (C=O) groups is 2. The maximum Gasteiger partial charge on any atom is 0.307 e. The van der Waals surface area contributed by atoms with E-state index in [1.165, 1.54) is 5.56 Å². The average molecular weight is 356 g/mol. The normalized spacial score (nSPS) is 24.7. The van der Waals surface area contributed by atoms with Crippen molar-refractivity contribution in [3.63, 3.8) is 0 Å². The topological polar surface area (TPSA) is 60.9 Å². The van der Waals surface area contributed by atoms with Crippen molar-refractivity contribution in [3.8, 4) is 0 Å². The molecule has 3 rings (SSSR count). The second-order valence-electron chi connectivity index (χ2n) is 7.27. The number of piperazine rings is 1. The van der Waals surface area contributed by atoms with E-state index in [1.54, 1.807) is 0 Å². The Bertz CT molecular complexity index is 636. The summed E-state index contributed by atoms with van der Waals surface area (Å²) in [5, 5.41) is 9.40. The third-order valence-electron chi connectivity index (χ3n) is 5.56. The highest BCUT2D eigenvalue weighted by Crippen LogP contribution is 2.32. The Labute approximate surface area is 155 Å². The molecule has 1 N–H and O–H groups in total. The fourth-order valence-electron chi connectivity index (χ4n) is 4.01. The van der Waals surface area contributed by atoms with E-state index < -0.39 is 11.9 Å². The van der Waals surface area contributed by atoms with Gasteiger partial charge in [-0.3, -0.25) is 14.5 Å². The molecule has 0 spiro atoms. The lowest BCUT2D eigenvalue weighted by Crippen LogP contribution is -2.52. The predicted molar refractivity (Wildman–Crippen MR) is 102 cm³/mol. The largest absolute Gasteiger partial charge is 0.481 e. The Kier molecular flexibility index (Phi) is 6.45. The van der Waals surface area contributed by atoms with E-state index in [2.05, 4.69) is 29.2 Å². The summed E-state index contributed by atoms with van der Waals surface area (Å²) in [6.45, 7) is 3.95. The van der Waals surface area contributed by atoms with Crippen LogP contribution in [0.5, 0.6) is 0 Å². The van der Waals surface area contributed by atoms with Crippen LogP contribution in [0.1, 0.15) is 31.2 Å². The minimum absolute atomic E-state index is 0.0524. The molecule has 2 aliphatic rings. The summed E-state index contributed by atoms with van der Waals surface area (Å²) in [5.41, 5.74) is 1.19. The molecule has 5 nitrogen and oxygen atoms in total.